The van der Waals surface area contributed by atoms with Crippen molar-refractivity contribution >= 4 is 0 Å². The van der Waals surface area contributed by atoms with Crippen molar-refractivity contribution in [3.8, 4) is 34.5 Å². The largest absolute Gasteiger partial charge is 0.494 e. The number of ether oxygens (including phenoxy) is 1. The number of nitrogens with one attached hydrogen (secondary N) is 1. The minimum atomic E-state index is 0.613. The van der Waals surface area contributed by atoms with Crippen molar-refractivity contribution < 1.29 is 4.74 Å². The number of rotatable bonds is 5. The monoisotopic (exact) mass is 331 g/mol. The van der Waals surface area contributed by atoms with Crippen LogP contribution in [0.15, 0.2) is 67.3 Å². The first-order chi connectivity index (χ1) is 12.3. The Morgan fingerprint density at radius 3 is 2.56 bits per heavy atom. The van der Waals surface area contributed by atoms with Crippen molar-refractivity contribution in [2.75, 3.05) is 6.61 Å². The van der Waals surface area contributed by atoms with Gasteiger partial charge in [0.25, 0.3) is 0 Å². The molecule has 0 saturated heterocycles. The summed E-state index contributed by atoms with van der Waals surface area (Å²) in [4.78, 5) is 16.5. The predicted octanol–water partition coefficient (Wildman–Crippen LogP) is 3.72. The molecule has 4 rings (SSSR count). The van der Waals surface area contributed by atoms with Crippen molar-refractivity contribution in [2.24, 2.45) is 0 Å². The molecule has 0 aliphatic heterocycles. The fourth-order valence-electron chi connectivity index (χ4n) is 2.66. The van der Waals surface area contributed by atoms with Crippen LogP contribution in [0.5, 0.6) is 5.75 Å². The maximum Gasteiger partial charge on any atom is 0.234 e. The molecule has 0 unspecified atom stereocenters. The van der Waals surface area contributed by atoms with E-state index in [4.69, 9.17) is 4.74 Å². The standard InChI is InChI=1S/C19H17N5O/c1-2-25-15-8-6-14(7-9-15)16-13-22-18(23-16)17-5-3-12-24(17)19-20-10-4-11-21-19/h3-13H,2H2,1H3,(H,22,23). The molecule has 3 heterocycles. The summed E-state index contributed by atoms with van der Waals surface area (Å²) in [6.07, 6.45) is 7.19. The smallest absolute Gasteiger partial charge is 0.234 e. The Morgan fingerprint density at radius 2 is 1.80 bits per heavy atom. The van der Waals surface area contributed by atoms with E-state index in [2.05, 4.69) is 19.9 Å². The summed E-state index contributed by atoms with van der Waals surface area (Å²) in [6.45, 7) is 2.63. The lowest BCUT2D eigenvalue weighted by molar-refractivity contribution is 0.340. The van der Waals surface area contributed by atoms with E-state index in [-0.39, 0.29) is 0 Å². The number of H-pyrrole nitrogens is 1. The number of benzene rings is 1. The van der Waals surface area contributed by atoms with Crippen molar-refractivity contribution in [1.82, 2.24) is 24.5 Å². The Balaban J connectivity index is 1.65. The number of aromatic amines is 1. The molecular formula is C19H17N5O. The second-order valence-corrected chi connectivity index (χ2v) is 5.42. The van der Waals surface area contributed by atoms with Crippen molar-refractivity contribution in [3.63, 3.8) is 0 Å². The Morgan fingerprint density at radius 1 is 1.00 bits per heavy atom. The van der Waals surface area contributed by atoms with E-state index in [1.54, 1.807) is 18.5 Å². The van der Waals surface area contributed by atoms with Gasteiger partial charge in [0.05, 0.1) is 24.2 Å². The number of nitrogens with zero attached hydrogens (tertiary/aromatic N) is 4. The Labute approximate surface area is 145 Å². The lowest BCUT2D eigenvalue weighted by Gasteiger charge is -2.05. The van der Waals surface area contributed by atoms with Gasteiger partial charge in [-0.05, 0) is 55.0 Å². The first-order valence-electron chi connectivity index (χ1n) is 8.08. The molecule has 0 aliphatic rings. The van der Waals surface area contributed by atoms with Gasteiger partial charge < -0.3 is 9.72 Å². The van der Waals surface area contributed by atoms with Crippen LogP contribution in [0.1, 0.15) is 6.92 Å². The predicted molar refractivity (Wildman–Crippen MR) is 95.5 cm³/mol. The Kier molecular flexibility index (Phi) is 4.00. The molecule has 0 amide bonds. The molecule has 0 saturated carbocycles. The van der Waals surface area contributed by atoms with E-state index in [1.807, 2.05) is 60.3 Å². The number of hydrogen-bond acceptors (Lipinski definition) is 4. The average Bonchev–Trinajstić information content (AvgIpc) is 3.33. The molecular weight excluding hydrogens is 314 g/mol. The third-order valence-corrected chi connectivity index (χ3v) is 3.81. The highest BCUT2D eigenvalue weighted by molar-refractivity contribution is 5.64. The normalized spacial score (nSPS) is 10.8. The summed E-state index contributed by atoms with van der Waals surface area (Å²) < 4.78 is 7.39. The van der Waals surface area contributed by atoms with Crippen LogP contribution in [0.2, 0.25) is 0 Å². The van der Waals surface area contributed by atoms with Gasteiger partial charge in [-0.1, -0.05) is 0 Å². The molecule has 0 radical (unpaired) electrons. The van der Waals surface area contributed by atoms with Crippen LogP contribution in [0.4, 0.5) is 0 Å². The van der Waals surface area contributed by atoms with Gasteiger partial charge in [0, 0.05) is 18.6 Å². The highest BCUT2D eigenvalue weighted by Crippen LogP contribution is 2.25. The summed E-state index contributed by atoms with van der Waals surface area (Å²) >= 11 is 0. The highest BCUT2D eigenvalue weighted by Gasteiger charge is 2.11. The number of aromatic nitrogens is 5. The summed E-state index contributed by atoms with van der Waals surface area (Å²) in [5.74, 6) is 2.24. The summed E-state index contributed by atoms with van der Waals surface area (Å²) in [7, 11) is 0. The maximum atomic E-state index is 5.48. The number of imidazole rings is 1. The molecule has 1 aromatic carbocycles. The quantitative estimate of drug-likeness (QED) is 0.605. The van der Waals surface area contributed by atoms with Crippen LogP contribution in [0.3, 0.4) is 0 Å². The minimum absolute atomic E-state index is 0.613. The highest BCUT2D eigenvalue weighted by atomic mass is 16.5. The minimum Gasteiger partial charge on any atom is -0.494 e. The van der Waals surface area contributed by atoms with Crippen molar-refractivity contribution in [3.05, 3.63) is 67.3 Å². The molecule has 0 fully saturated rings. The maximum absolute atomic E-state index is 5.48. The molecule has 0 aliphatic carbocycles. The summed E-state index contributed by atoms with van der Waals surface area (Å²) in [5.41, 5.74) is 2.90. The van der Waals surface area contributed by atoms with Gasteiger partial charge in [-0.15, -0.1) is 0 Å². The molecule has 3 aromatic heterocycles. The van der Waals surface area contributed by atoms with Gasteiger partial charge in [0.2, 0.25) is 5.95 Å². The zero-order valence-electron chi connectivity index (χ0n) is 13.8. The van der Waals surface area contributed by atoms with Gasteiger partial charge in [-0.25, -0.2) is 15.0 Å². The van der Waals surface area contributed by atoms with Gasteiger partial charge in [0.1, 0.15) is 5.75 Å². The van der Waals surface area contributed by atoms with E-state index in [0.717, 1.165) is 28.5 Å². The van der Waals surface area contributed by atoms with E-state index < -0.39 is 0 Å². The van der Waals surface area contributed by atoms with Crippen molar-refractivity contribution in [2.45, 2.75) is 6.92 Å². The molecule has 6 nitrogen and oxygen atoms in total. The molecule has 0 bridgehead atoms. The van der Waals surface area contributed by atoms with Crippen molar-refractivity contribution in [1.29, 1.82) is 0 Å². The van der Waals surface area contributed by atoms with E-state index in [9.17, 15) is 0 Å². The second-order valence-electron chi connectivity index (χ2n) is 5.42. The van der Waals surface area contributed by atoms with E-state index in [1.165, 1.54) is 0 Å². The van der Waals surface area contributed by atoms with Crippen LogP contribution in [0.25, 0.3) is 28.7 Å². The van der Waals surface area contributed by atoms with Crippen LogP contribution < -0.4 is 4.74 Å². The molecule has 6 heteroatoms. The SMILES string of the molecule is CCOc1ccc(-c2cnc(-c3cccn3-c3ncccn3)[nH]2)cc1. The molecule has 0 spiro atoms. The lowest BCUT2D eigenvalue weighted by Crippen LogP contribution is -2.01. The lowest BCUT2D eigenvalue weighted by atomic mass is 10.2. The fraction of sp³-hybridized carbons (Fsp3) is 0.105. The van der Waals surface area contributed by atoms with Gasteiger partial charge >= 0.3 is 0 Å². The van der Waals surface area contributed by atoms with Gasteiger partial charge in [-0.2, -0.15) is 0 Å². The topological polar surface area (TPSA) is 68.6 Å². The summed E-state index contributed by atoms with van der Waals surface area (Å²) in [5, 5.41) is 0. The number of hydrogen-bond donors (Lipinski definition) is 1. The van der Waals surface area contributed by atoms with E-state index >= 15 is 0 Å². The third kappa shape index (κ3) is 3.01. The van der Waals surface area contributed by atoms with Crippen LogP contribution in [0, 0.1) is 0 Å². The van der Waals surface area contributed by atoms with Crippen LogP contribution in [-0.2, 0) is 0 Å². The zero-order valence-corrected chi connectivity index (χ0v) is 13.8. The molecule has 0 atom stereocenters. The first kappa shape index (κ1) is 15.1. The van der Waals surface area contributed by atoms with Crippen LogP contribution in [-0.4, -0.2) is 31.1 Å². The fourth-order valence-corrected chi connectivity index (χ4v) is 2.66. The van der Waals surface area contributed by atoms with E-state index in [0.29, 0.717) is 12.6 Å². The summed E-state index contributed by atoms with van der Waals surface area (Å²) in [6, 6.07) is 13.7. The average molecular weight is 331 g/mol. The second kappa shape index (κ2) is 6.60. The molecule has 4 aromatic rings. The molecule has 124 valence electrons. The van der Waals surface area contributed by atoms with Gasteiger partial charge in [-0.3, -0.25) is 4.57 Å². The van der Waals surface area contributed by atoms with Gasteiger partial charge in [0.15, 0.2) is 5.82 Å². The third-order valence-electron chi connectivity index (χ3n) is 3.81. The molecule has 1 N–H and O–H groups in total. The van der Waals surface area contributed by atoms with Crippen LogP contribution >= 0.6 is 0 Å². The molecule has 25 heavy (non-hydrogen) atoms. The first-order valence-corrected chi connectivity index (χ1v) is 8.08. The Hall–Kier alpha value is -3.41. The Bertz CT molecular complexity index is 957. The zero-order chi connectivity index (χ0) is 17.1.